The van der Waals surface area contributed by atoms with Crippen LogP contribution >= 0.6 is 0 Å². The lowest BCUT2D eigenvalue weighted by Crippen LogP contribution is -2.21. The Morgan fingerprint density at radius 3 is 2.61 bits per heavy atom. The summed E-state index contributed by atoms with van der Waals surface area (Å²) in [6.07, 6.45) is 2.01. The van der Waals surface area contributed by atoms with Crippen LogP contribution in [0.2, 0.25) is 0 Å². The summed E-state index contributed by atoms with van der Waals surface area (Å²) in [6.45, 7) is 9.79. The molecule has 1 fully saturated rings. The van der Waals surface area contributed by atoms with Gasteiger partial charge in [-0.25, -0.2) is 4.98 Å². The predicted octanol–water partition coefficient (Wildman–Crippen LogP) is 3.71. The third-order valence-corrected chi connectivity index (χ3v) is 4.32. The van der Waals surface area contributed by atoms with Gasteiger partial charge in [0.2, 0.25) is 0 Å². The van der Waals surface area contributed by atoms with Crippen molar-refractivity contribution in [3.63, 3.8) is 0 Å². The molecule has 0 aliphatic carbocycles. The van der Waals surface area contributed by atoms with Crippen molar-refractivity contribution in [2.45, 2.75) is 58.2 Å². The highest BCUT2D eigenvalue weighted by molar-refractivity contribution is 5.31. The number of aromatic amines is 1. The maximum atomic E-state index is 5.79. The minimum Gasteiger partial charge on any atom is -0.486 e. The van der Waals surface area contributed by atoms with Gasteiger partial charge in [0.15, 0.2) is 11.6 Å². The minimum absolute atomic E-state index is 0.148. The second-order valence-electron chi connectivity index (χ2n) is 7.35. The predicted molar refractivity (Wildman–Crippen MR) is 88.4 cm³/mol. The quantitative estimate of drug-likeness (QED) is 0.934. The van der Waals surface area contributed by atoms with Crippen LogP contribution in [0.1, 0.15) is 57.7 Å². The molecule has 23 heavy (non-hydrogen) atoms. The number of benzene rings is 1. The Balaban J connectivity index is 1.61. The zero-order valence-corrected chi connectivity index (χ0v) is 14.3. The van der Waals surface area contributed by atoms with Crippen molar-refractivity contribution in [3.05, 3.63) is 41.5 Å². The molecule has 5 nitrogen and oxygen atoms in total. The second-order valence-corrected chi connectivity index (χ2v) is 7.35. The van der Waals surface area contributed by atoms with Gasteiger partial charge in [-0.1, -0.05) is 32.9 Å². The van der Waals surface area contributed by atoms with Gasteiger partial charge in [0, 0.05) is 6.61 Å². The van der Waals surface area contributed by atoms with E-state index in [1.807, 2.05) is 19.1 Å². The van der Waals surface area contributed by atoms with Crippen molar-refractivity contribution in [2.75, 3.05) is 6.61 Å². The summed E-state index contributed by atoms with van der Waals surface area (Å²) in [5.74, 6) is 2.27. The van der Waals surface area contributed by atoms with Crippen LogP contribution in [0.3, 0.4) is 0 Å². The van der Waals surface area contributed by atoms with E-state index in [-0.39, 0.29) is 11.0 Å². The van der Waals surface area contributed by atoms with Crippen LogP contribution in [0.4, 0.5) is 0 Å². The Morgan fingerprint density at radius 2 is 2.00 bits per heavy atom. The van der Waals surface area contributed by atoms with Crippen molar-refractivity contribution in [1.82, 2.24) is 15.2 Å². The Kier molecular flexibility index (Phi) is 4.15. The molecule has 0 spiro atoms. The van der Waals surface area contributed by atoms with Gasteiger partial charge < -0.3 is 9.47 Å². The van der Waals surface area contributed by atoms with E-state index in [0.29, 0.717) is 6.61 Å². The van der Waals surface area contributed by atoms with E-state index in [1.54, 1.807) is 0 Å². The lowest BCUT2D eigenvalue weighted by Gasteiger charge is -2.19. The molecule has 2 aromatic rings. The Hall–Kier alpha value is -1.88. The van der Waals surface area contributed by atoms with E-state index in [0.717, 1.165) is 36.8 Å². The third kappa shape index (κ3) is 3.55. The molecule has 1 unspecified atom stereocenters. The topological polar surface area (TPSA) is 60.0 Å². The lowest BCUT2D eigenvalue weighted by atomic mass is 9.87. The number of H-pyrrole nitrogens is 1. The Bertz CT molecular complexity index is 650. The molecular weight excluding hydrogens is 290 g/mol. The summed E-state index contributed by atoms with van der Waals surface area (Å²) in [4.78, 5) is 4.52. The summed E-state index contributed by atoms with van der Waals surface area (Å²) < 4.78 is 11.6. The van der Waals surface area contributed by atoms with E-state index in [2.05, 4.69) is 48.1 Å². The molecule has 0 radical (unpaired) electrons. The van der Waals surface area contributed by atoms with Crippen LogP contribution in [0, 0.1) is 0 Å². The van der Waals surface area contributed by atoms with Crippen molar-refractivity contribution in [2.24, 2.45) is 0 Å². The highest BCUT2D eigenvalue weighted by Gasteiger charge is 2.35. The Morgan fingerprint density at radius 1 is 1.26 bits per heavy atom. The number of nitrogens with one attached hydrogen (secondary N) is 1. The second kappa shape index (κ2) is 5.96. The number of ether oxygens (including phenoxy) is 2. The van der Waals surface area contributed by atoms with E-state index in [1.165, 1.54) is 5.56 Å². The zero-order valence-electron chi connectivity index (χ0n) is 14.3. The van der Waals surface area contributed by atoms with E-state index in [9.17, 15) is 0 Å². The molecule has 0 saturated carbocycles. The number of aromatic nitrogens is 3. The van der Waals surface area contributed by atoms with Crippen molar-refractivity contribution < 1.29 is 9.47 Å². The average Bonchev–Trinajstić information content (AvgIpc) is 3.14. The van der Waals surface area contributed by atoms with Crippen molar-refractivity contribution in [3.8, 4) is 5.75 Å². The van der Waals surface area contributed by atoms with Gasteiger partial charge >= 0.3 is 0 Å². The molecule has 124 valence electrons. The largest absolute Gasteiger partial charge is 0.486 e. The van der Waals surface area contributed by atoms with Gasteiger partial charge in [-0.05, 0) is 42.9 Å². The summed E-state index contributed by atoms with van der Waals surface area (Å²) >= 11 is 0. The smallest absolute Gasteiger partial charge is 0.182 e. The summed E-state index contributed by atoms with van der Waals surface area (Å²) in [6, 6.07) is 8.21. The first kappa shape index (κ1) is 16.0. The maximum absolute atomic E-state index is 5.79. The molecule has 2 heterocycles. The highest BCUT2D eigenvalue weighted by atomic mass is 16.5. The molecule has 1 aliphatic heterocycles. The fraction of sp³-hybridized carbons (Fsp3) is 0.556. The monoisotopic (exact) mass is 315 g/mol. The molecule has 1 aliphatic rings. The fourth-order valence-corrected chi connectivity index (χ4v) is 2.75. The molecule has 1 atom stereocenters. The third-order valence-electron chi connectivity index (χ3n) is 4.32. The molecule has 0 bridgehead atoms. The Labute approximate surface area is 137 Å². The van der Waals surface area contributed by atoms with Gasteiger partial charge in [0.05, 0.1) is 0 Å². The number of nitrogens with zero attached hydrogens (tertiary/aromatic N) is 2. The van der Waals surface area contributed by atoms with Gasteiger partial charge in [0.1, 0.15) is 18.0 Å². The molecule has 0 amide bonds. The molecular formula is C18H25N3O2. The first-order chi connectivity index (χ1) is 10.9. The molecule has 5 heteroatoms. The molecule has 1 N–H and O–H groups in total. The van der Waals surface area contributed by atoms with Crippen molar-refractivity contribution in [1.29, 1.82) is 0 Å². The first-order valence-electron chi connectivity index (χ1n) is 8.16. The normalized spacial score (nSPS) is 21.6. The van der Waals surface area contributed by atoms with Crippen LogP contribution in [0.15, 0.2) is 24.3 Å². The fourth-order valence-electron chi connectivity index (χ4n) is 2.75. The van der Waals surface area contributed by atoms with Crippen LogP contribution in [-0.4, -0.2) is 21.8 Å². The van der Waals surface area contributed by atoms with Crippen LogP contribution < -0.4 is 4.74 Å². The van der Waals surface area contributed by atoms with Crippen LogP contribution in [-0.2, 0) is 22.4 Å². The highest BCUT2D eigenvalue weighted by Crippen LogP contribution is 2.33. The van der Waals surface area contributed by atoms with Gasteiger partial charge in [0.25, 0.3) is 0 Å². The summed E-state index contributed by atoms with van der Waals surface area (Å²) in [5.41, 5.74) is 1.08. The molecule has 1 aromatic heterocycles. The van der Waals surface area contributed by atoms with E-state index >= 15 is 0 Å². The zero-order chi connectivity index (χ0) is 16.5. The molecule has 3 rings (SSSR count). The van der Waals surface area contributed by atoms with E-state index in [4.69, 9.17) is 9.47 Å². The van der Waals surface area contributed by atoms with E-state index < -0.39 is 0 Å². The number of rotatable bonds is 4. The maximum Gasteiger partial charge on any atom is 0.182 e. The first-order valence-corrected chi connectivity index (χ1v) is 8.16. The summed E-state index contributed by atoms with van der Waals surface area (Å²) in [7, 11) is 0. The van der Waals surface area contributed by atoms with Gasteiger partial charge in [-0.3, -0.25) is 5.10 Å². The van der Waals surface area contributed by atoms with Gasteiger partial charge in [-0.2, -0.15) is 5.10 Å². The van der Waals surface area contributed by atoms with Gasteiger partial charge in [-0.15, -0.1) is 0 Å². The summed E-state index contributed by atoms with van der Waals surface area (Å²) in [5, 5.41) is 7.24. The van der Waals surface area contributed by atoms with Crippen LogP contribution in [0.25, 0.3) is 0 Å². The number of hydrogen-bond acceptors (Lipinski definition) is 4. The lowest BCUT2D eigenvalue weighted by molar-refractivity contribution is 0.00954. The standard InChI is InChI=1S/C18H25N3O2/c1-17(2,3)13-6-8-14(9-7-13)22-12-15-19-16(21-20-15)18(4)10-5-11-23-18/h6-9H,5,10-12H2,1-4H3,(H,19,20,21). The molecule has 1 saturated heterocycles. The minimum atomic E-state index is -0.358. The molecule has 1 aromatic carbocycles. The average molecular weight is 315 g/mol. The number of hydrogen-bond donors (Lipinski definition) is 1. The SMILES string of the molecule is CC(C)(C)c1ccc(OCc2nc(C3(C)CCCO3)n[nH]2)cc1. The van der Waals surface area contributed by atoms with Crippen molar-refractivity contribution >= 4 is 0 Å². The van der Waals surface area contributed by atoms with Crippen LogP contribution in [0.5, 0.6) is 5.75 Å².